The van der Waals surface area contributed by atoms with Gasteiger partial charge in [0, 0.05) is 31.4 Å². The van der Waals surface area contributed by atoms with E-state index in [4.69, 9.17) is 21.2 Å². The van der Waals surface area contributed by atoms with Crippen LogP contribution in [0.4, 0.5) is 5.13 Å². The number of thiophene rings is 1. The molecule has 2 aliphatic heterocycles. The van der Waals surface area contributed by atoms with Crippen molar-refractivity contribution in [3.8, 4) is 0 Å². The zero-order chi connectivity index (χ0) is 19.7. The molecule has 4 heterocycles. The molecule has 4 rings (SSSR count). The van der Waals surface area contributed by atoms with E-state index in [1.165, 1.54) is 22.7 Å². The fourth-order valence-electron chi connectivity index (χ4n) is 3.40. The van der Waals surface area contributed by atoms with E-state index in [2.05, 4.69) is 34.2 Å². The number of aromatic nitrogens is 1. The topological polar surface area (TPSA) is 76.1 Å². The van der Waals surface area contributed by atoms with Crippen molar-refractivity contribution in [2.45, 2.75) is 45.1 Å². The third kappa shape index (κ3) is 4.72. The van der Waals surface area contributed by atoms with Gasteiger partial charge >= 0.3 is 0 Å². The zero-order valence-corrected chi connectivity index (χ0v) is 17.9. The third-order valence-electron chi connectivity index (χ3n) is 4.48. The zero-order valence-electron chi connectivity index (χ0n) is 15.6. The Hall–Kier alpha value is -1.52. The molecule has 3 unspecified atom stereocenters. The lowest BCUT2D eigenvalue weighted by Crippen LogP contribution is -2.44. The van der Waals surface area contributed by atoms with E-state index < -0.39 is 6.10 Å². The van der Waals surface area contributed by atoms with Crippen LogP contribution in [0.3, 0.4) is 0 Å². The van der Waals surface area contributed by atoms with Crippen LogP contribution in [-0.2, 0) is 20.9 Å². The molecule has 28 heavy (non-hydrogen) atoms. The molecular formula is C18H21ClN4O3S2. The van der Waals surface area contributed by atoms with Crippen molar-refractivity contribution in [1.82, 2.24) is 9.88 Å². The minimum absolute atomic E-state index is 0.216. The van der Waals surface area contributed by atoms with E-state index in [1.54, 1.807) is 0 Å². The molecule has 0 bridgehead atoms. The second-order valence-electron chi connectivity index (χ2n) is 7.02. The highest BCUT2D eigenvalue weighted by molar-refractivity contribution is 7.18. The van der Waals surface area contributed by atoms with Gasteiger partial charge in [-0.3, -0.25) is 15.0 Å². The van der Waals surface area contributed by atoms with Gasteiger partial charge in [0.15, 0.2) is 5.13 Å². The molecule has 3 atom stereocenters. The van der Waals surface area contributed by atoms with Crippen molar-refractivity contribution in [3.05, 3.63) is 32.4 Å². The number of hydrogen-bond acceptors (Lipinski definition) is 8. The molecule has 2 aromatic heterocycles. The molecule has 1 amide bonds. The summed E-state index contributed by atoms with van der Waals surface area (Å²) < 4.78 is 6.45. The molecule has 7 nitrogen and oxygen atoms in total. The Balaban J connectivity index is 1.30. The van der Waals surface area contributed by atoms with Crippen LogP contribution in [-0.4, -0.2) is 52.9 Å². The number of nitrogens with zero attached hydrogens (tertiary/aromatic N) is 3. The Morgan fingerprint density at radius 3 is 2.86 bits per heavy atom. The van der Waals surface area contributed by atoms with Crippen LogP contribution in [0.25, 0.3) is 0 Å². The normalized spacial score (nSPS) is 25.4. The van der Waals surface area contributed by atoms with Crippen LogP contribution < -0.4 is 5.32 Å². The predicted octanol–water partition coefficient (Wildman–Crippen LogP) is 3.60. The summed E-state index contributed by atoms with van der Waals surface area (Å²) in [5.74, 6) is -0.240. The van der Waals surface area contributed by atoms with Gasteiger partial charge in [-0.1, -0.05) is 16.8 Å². The van der Waals surface area contributed by atoms with E-state index in [0.29, 0.717) is 15.9 Å². The molecule has 10 heteroatoms. The van der Waals surface area contributed by atoms with Crippen LogP contribution >= 0.6 is 34.3 Å². The molecule has 0 spiro atoms. The average molecular weight is 441 g/mol. The van der Waals surface area contributed by atoms with Crippen LogP contribution in [0.2, 0.25) is 4.34 Å². The third-order valence-corrected chi connectivity index (χ3v) is 6.57. The smallest absolute Gasteiger partial charge is 0.270 e. The van der Waals surface area contributed by atoms with Gasteiger partial charge in [-0.15, -0.1) is 22.7 Å². The predicted molar refractivity (Wildman–Crippen MR) is 111 cm³/mol. The van der Waals surface area contributed by atoms with Crippen LogP contribution in [0.5, 0.6) is 0 Å². The molecule has 1 N–H and O–H groups in total. The van der Waals surface area contributed by atoms with Crippen LogP contribution in [0.1, 0.15) is 30.8 Å². The Labute approximate surface area is 176 Å². The highest BCUT2D eigenvalue weighted by atomic mass is 35.5. The SMILES string of the molecule is CC1CN(Cc2csc(NC(=O)C3CC(c4ccc(Cl)s4)=NO3)n2)CC(C)O1. The number of carbonyl (C=O) groups excluding carboxylic acids is 1. The van der Waals surface area contributed by atoms with E-state index in [-0.39, 0.29) is 18.1 Å². The summed E-state index contributed by atoms with van der Waals surface area (Å²) in [7, 11) is 0. The van der Waals surface area contributed by atoms with Gasteiger partial charge in [0.1, 0.15) is 5.71 Å². The molecule has 2 aromatic rings. The van der Waals surface area contributed by atoms with Gasteiger partial charge in [-0.25, -0.2) is 4.98 Å². The van der Waals surface area contributed by atoms with E-state index in [9.17, 15) is 4.79 Å². The van der Waals surface area contributed by atoms with Gasteiger partial charge in [0.2, 0.25) is 6.10 Å². The number of morpholine rings is 1. The largest absolute Gasteiger partial charge is 0.382 e. The molecule has 0 saturated carbocycles. The standard InChI is InChI=1S/C18H21ClN4O3S2/c1-10-6-23(7-11(2)25-10)8-12-9-27-18(20-12)21-17(24)14-5-13(22-26-14)15-3-4-16(19)28-15/h3-4,9-11,14H,5-8H2,1-2H3,(H,20,21,24). The minimum Gasteiger partial charge on any atom is -0.382 e. The van der Waals surface area contributed by atoms with Crippen molar-refractivity contribution in [2.24, 2.45) is 5.16 Å². The number of ether oxygens (including phenoxy) is 1. The highest BCUT2D eigenvalue weighted by Crippen LogP contribution is 2.27. The molecule has 150 valence electrons. The Morgan fingerprint density at radius 1 is 1.36 bits per heavy atom. The van der Waals surface area contributed by atoms with Crippen molar-refractivity contribution in [2.75, 3.05) is 18.4 Å². The summed E-state index contributed by atoms with van der Waals surface area (Å²) in [6.45, 7) is 6.67. The fourth-order valence-corrected chi connectivity index (χ4v) is 5.14. The number of hydrogen-bond donors (Lipinski definition) is 1. The maximum atomic E-state index is 12.5. The first-order chi connectivity index (χ1) is 13.5. The quantitative estimate of drug-likeness (QED) is 0.768. The number of anilines is 1. The molecule has 0 aliphatic carbocycles. The number of amides is 1. The Bertz CT molecular complexity index is 874. The Kier molecular flexibility index (Phi) is 5.98. The first-order valence-corrected chi connectivity index (χ1v) is 11.1. The second kappa shape index (κ2) is 8.46. The number of thiazole rings is 1. The summed E-state index contributed by atoms with van der Waals surface area (Å²) >= 11 is 8.80. The first kappa shape index (κ1) is 19.8. The molecule has 0 aromatic carbocycles. The summed E-state index contributed by atoms with van der Waals surface area (Å²) in [6.07, 6.45) is 0.205. The summed E-state index contributed by atoms with van der Waals surface area (Å²) in [5.41, 5.74) is 1.69. The molecule has 2 aliphatic rings. The van der Waals surface area contributed by atoms with Gasteiger partial charge in [-0.05, 0) is 26.0 Å². The lowest BCUT2D eigenvalue weighted by atomic mass is 10.1. The van der Waals surface area contributed by atoms with Crippen molar-refractivity contribution < 1.29 is 14.4 Å². The molecule has 1 fully saturated rings. The second-order valence-corrected chi connectivity index (χ2v) is 9.60. The van der Waals surface area contributed by atoms with Gasteiger partial charge in [0.25, 0.3) is 5.91 Å². The molecule has 0 radical (unpaired) electrons. The lowest BCUT2D eigenvalue weighted by molar-refractivity contribution is -0.125. The Morgan fingerprint density at radius 2 is 2.14 bits per heavy atom. The van der Waals surface area contributed by atoms with Gasteiger partial charge < -0.3 is 9.57 Å². The van der Waals surface area contributed by atoms with E-state index in [0.717, 1.165) is 35.9 Å². The molecule has 1 saturated heterocycles. The summed E-state index contributed by atoms with van der Waals surface area (Å²) in [5, 5.41) is 9.43. The monoisotopic (exact) mass is 440 g/mol. The van der Waals surface area contributed by atoms with Gasteiger partial charge in [-0.2, -0.15) is 0 Å². The van der Waals surface area contributed by atoms with E-state index >= 15 is 0 Å². The highest BCUT2D eigenvalue weighted by Gasteiger charge is 2.30. The molecular weight excluding hydrogens is 420 g/mol. The maximum Gasteiger partial charge on any atom is 0.270 e. The summed E-state index contributed by atoms with van der Waals surface area (Å²) in [4.78, 5) is 25.6. The first-order valence-electron chi connectivity index (χ1n) is 9.07. The maximum absolute atomic E-state index is 12.5. The minimum atomic E-state index is -0.649. The number of halogens is 1. The number of oxime groups is 1. The van der Waals surface area contributed by atoms with Gasteiger partial charge in [0.05, 0.1) is 27.1 Å². The number of nitrogens with one attached hydrogen (secondary N) is 1. The summed E-state index contributed by atoms with van der Waals surface area (Å²) in [6, 6.07) is 3.69. The fraction of sp³-hybridized carbons (Fsp3) is 0.500. The van der Waals surface area contributed by atoms with Crippen LogP contribution in [0, 0.1) is 0 Å². The lowest BCUT2D eigenvalue weighted by Gasteiger charge is -2.34. The number of rotatable bonds is 5. The number of carbonyl (C=O) groups is 1. The van der Waals surface area contributed by atoms with Crippen LogP contribution in [0.15, 0.2) is 22.7 Å². The average Bonchev–Trinajstić information content (AvgIpc) is 3.34. The van der Waals surface area contributed by atoms with E-state index in [1.807, 2.05) is 17.5 Å². The van der Waals surface area contributed by atoms with Crippen molar-refractivity contribution in [3.63, 3.8) is 0 Å². The van der Waals surface area contributed by atoms with Crippen molar-refractivity contribution >= 4 is 51.0 Å². The van der Waals surface area contributed by atoms with Crippen molar-refractivity contribution in [1.29, 1.82) is 0 Å².